The van der Waals surface area contributed by atoms with Gasteiger partial charge in [0.05, 0.1) is 0 Å². The van der Waals surface area contributed by atoms with Crippen molar-refractivity contribution in [2.75, 3.05) is 18.4 Å². The lowest BCUT2D eigenvalue weighted by molar-refractivity contribution is 0.247. The van der Waals surface area contributed by atoms with Crippen molar-refractivity contribution in [3.8, 4) is 0 Å². The van der Waals surface area contributed by atoms with Crippen LogP contribution in [-0.4, -0.2) is 25.2 Å². The van der Waals surface area contributed by atoms with Crippen LogP contribution in [0.1, 0.15) is 18.4 Å². The highest BCUT2D eigenvalue weighted by Crippen LogP contribution is 2.19. The number of carbonyl (C=O) groups is 1. The fourth-order valence-corrected chi connectivity index (χ4v) is 3.19. The molecule has 2 amide bonds. The summed E-state index contributed by atoms with van der Waals surface area (Å²) in [6.07, 6.45) is 3.31. The SMILES string of the molecule is O=C(NC[C@@H]1CC[C@@H](Cc2ccccc2)CN1)Nc1ccc(F)cc1. The first-order chi connectivity index (χ1) is 12.2. The van der Waals surface area contributed by atoms with Gasteiger partial charge in [0, 0.05) is 18.3 Å². The Morgan fingerprint density at radius 1 is 1.08 bits per heavy atom. The maximum atomic E-state index is 12.8. The van der Waals surface area contributed by atoms with Crippen molar-refractivity contribution in [1.82, 2.24) is 10.6 Å². The molecule has 0 bridgehead atoms. The second kappa shape index (κ2) is 8.62. The molecule has 132 valence electrons. The fourth-order valence-electron chi connectivity index (χ4n) is 3.19. The van der Waals surface area contributed by atoms with Crippen LogP contribution in [0, 0.1) is 11.7 Å². The molecule has 1 aliphatic rings. The van der Waals surface area contributed by atoms with E-state index in [9.17, 15) is 9.18 Å². The van der Waals surface area contributed by atoms with Crippen LogP contribution in [0.5, 0.6) is 0 Å². The maximum absolute atomic E-state index is 12.8. The number of urea groups is 1. The van der Waals surface area contributed by atoms with Crippen LogP contribution in [-0.2, 0) is 6.42 Å². The number of rotatable bonds is 5. The third-order valence-electron chi connectivity index (χ3n) is 4.60. The first-order valence-electron chi connectivity index (χ1n) is 8.77. The summed E-state index contributed by atoms with van der Waals surface area (Å²) in [5.41, 5.74) is 1.96. The fraction of sp³-hybridized carbons (Fsp3) is 0.350. The zero-order valence-electron chi connectivity index (χ0n) is 14.2. The van der Waals surface area contributed by atoms with Crippen LogP contribution < -0.4 is 16.0 Å². The Kier molecular flexibility index (Phi) is 6.01. The average Bonchev–Trinajstić information content (AvgIpc) is 2.64. The molecule has 1 heterocycles. The summed E-state index contributed by atoms with van der Waals surface area (Å²) in [5.74, 6) is 0.328. The number of hydrogen-bond acceptors (Lipinski definition) is 2. The van der Waals surface area contributed by atoms with Crippen LogP contribution in [0.25, 0.3) is 0 Å². The molecule has 25 heavy (non-hydrogen) atoms. The van der Waals surface area contributed by atoms with E-state index in [1.54, 1.807) is 12.1 Å². The van der Waals surface area contributed by atoms with E-state index in [1.165, 1.54) is 17.7 Å². The lowest BCUT2D eigenvalue weighted by Gasteiger charge is -2.30. The molecule has 0 spiro atoms. The van der Waals surface area contributed by atoms with Gasteiger partial charge < -0.3 is 16.0 Å². The van der Waals surface area contributed by atoms with Gasteiger partial charge in [0.25, 0.3) is 0 Å². The summed E-state index contributed by atoms with van der Waals surface area (Å²) in [5, 5.41) is 9.10. The molecule has 1 saturated heterocycles. The molecule has 2 aromatic carbocycles. The molecule has 0 unspecified atom stereocenters. The summed E-state index contributed by atoms with van der Waals surface area (Å²) in [7, 11) is 0. The Bertz CT molecular complexity index is 667. The van der Waals surface area contributed by atoms with Crippen LogP contribution in [0.15, 0.2) is 54.6 Å². The van der Waals surface area contributed by atoms with Crippen LogP contribution in [0.4, 0.5) is 14.9 Å². The van der Waals surface area contributed by atoms with Gasteiger partial charge in [0.2, 0.25) is 0 Å². The van der Waals surface area contributed by atoms with Crippen molar-refractivity contribution in [3.05, 3.63) is 66.0 Å². The molecule has 3 rings (SSSR count). The van der Waals surface area contributed by atoms with Gasteiger partial charge in [0.15, 0.2) is 0 Å². The van der Waals surface area contributed by atoms with Crippen molar-refractivity contribution in [2.45, 2.75) is 25.3 Å². The van der Waals surface area contributed by atoms with Gasteiger partial charge in [0.1, 0.15) is 5.82 Å². The highest BCUT2D eigenvalue weighted by molar-refractivity contribution is 5.89. The van der Waals surface area contributed by atoms with Gasteiger partial charge in [-0.2, -0.15) is 0 Å². The van der Waals surface area contributed by atoms with E-state index in [1.807, 2.05) is 6.07 Å². The van der Waals surface area contributed by atoms with Crippen LogP contribution in [0.2, 0.25) is 0 Å². The highest BCUT2D eigenvalue weighted by Gasteiger charge is 2.21. The molecule has 5 heteroatoms. The van der Waals surface area contributed by atoms with Gasteiger partial charge in [-0.15, -0.1) is 0 Å². The summed E-state index contributed by atoms with van der Waals surface area (Å²) in [6, 6.07) is 16.3. The van der Waals surface area contributed by atoms with Crippen molar-refractivity contribution < 1.29 is 9.18 Å². The maximum Gasteiger partial charge on any atom is 0.319 e. The van der Waals surface area contributed by atoms with E-state index in [0.717, 1.165) is 25.8 Å². The van der Waals surface area contributed by atoms with Crippen molar-refractivity contribution in [2.24, 2.45) is 5.92 Å². The molecule has 0 saturated carbocycles. The predicted molar refractivity (Wildman–Crippen MR) is 98.1 cm³/mol. The summed E-state index contributed by atoms with van der Waals surface area (Å²) in [6.45, 7) is 1.56. The Morgan fingerprint density at radius 3 is 2.52 bits per heavy atom. The molecule has 0 aromatic heterocycles. The predicted octanol–water partition coefficient (Wildman–Crippen LogP) is 3.56. The smallest absolute Gasteiger partial charge is 0.319 e. The first-order valence-corrected chi connectivity index (χ1v) is 8.77. The molecule has 1 fully saturated rings. The van der Waals surface area contributed by atoms with E-state index < -0.39 is 0 Å². The number of carbonyl (C=O) groups excluding carboxylic acids is 1. The molecule has 1 aliphatic heterocycles. The van der Waals surface area contributed by atoms with E-state index in [2.05, 4.69) is 40.2 Å². The first kappa shape index (κ1) is 17.4. The minimum atomic E-state index is -0.317. The molecular formula is C20H24FN3O. The van der Waals surface area contributed by atoms with E-state index in [4.69, 9.17) is 0 Å². The third kappa shape index (κ3) is 5.57. The number of halogens is 1. The van der Waals surface area contributed by atoms with Gasteiger partial charge in [-0.1, -0.05) is 30.3 Å². The number of anilines is 1. The molecule has 2 atom stereocenters. The zero-order valence-corrected chi connectivity index (χ0v) is 14.2. The number of amides is 2. The van der Waals surface area contributed by atoms with E-state index >= 15 is 0 Å². The summed E-state index contributed by atoms with van der Waals surface area (Å²) >= 11 is 0. The van der Waals surface area contributed by atoms with Crippen LogP contribution in [0.3, 0.4) is 0 Å². The van der Waals surface area contributed by atoms with Crippen LogP contribution >= 0.6 is 0 Å². The molecular weight excluding hydrogens is 317 g/mol. The number of benzene rings is 2. The highest BCUT2D eigenvalue weighted by atomic mass is 19.1. The van der Waals surface area contributed by atoms with Gasteiger partial charge in [-0.25, -0.2) is 9.18 Å². The molecule has 2 aromatic rings. The standard InChI is InChI=1S/C20H24FN3O/c21-17-7-10-18(11-8-17)24-20(25)23-14-19-9-6-16(13-22-19)12-15-4-2-1-3-5-15/h1-5,7-8,10-11,16,19,22H,6,9,12-14H2,(H2,23,24,25)/t16-,19-/m0/s1. The lowest BCUT2D eigenvalue weighted by atomic mass is 9.89. The minimum Gasteiger partial charge on any atom is -0.336 e. The van der Waals surface area contributed by atoms with E-state index in [0.29, 0.717) is 24.2 Å². The largest absolute Gasteiger partial charge is 0.336 e. The molecule has 0 aliphatic carbocycles. The lowest BCUT2D eigenvalue weighted by Crippen LogP contribution is -2.47. The number of nitrogens with one attached hydrogen (secondary N) is 3. The average molecular weight is 341 g/mol. The second-order valence-electron chi connectivity index (χ2n) is 6.58. The van der Waals surface area contributed by atoms with Gasteiger partial charge in [-0.05, 0) is 61.6 Å². The van der Waals surface area contributed by atoms with E-state index in [-0.39, 0.29) is 11.8 Å². The zero-order chi connectivity index (χ0) is 17.5. The summed E-state index contributed by atoms with van der Waals surface area (Å²) in [4.78, 5) is 11.9. The topological polar surface area (TPSA) is 53.2 Å². The Labute approximate surface area is 147 Å². The Morgan fingerprint density at radius 2 is 1.84 bits per heavy atom. The Hall–Kier alpha value is -2.40. The molecule has 3 N–H and O–H groups in total. The van der Waals surface area contributed by atoms with Crippen molar-refractivity contribution in [1.29, 1.82) is 0 Å². The normalized spacial score (nSPS) is 20.0. The second-order valence-corrected chi connectivity index (χ2v) is 6.58. The van der Waals surface area contributed by atoms with Crippen molar-refractivity contribution >= 4 is 11.7 Å². The quantitative estimate of drug-likeness (QED) is 0.779. The van der Waals surface area contributed by atoms with Gasteiger partial charge >= 0.3 is 6.03 Å². The monoisotopic (exact) mass is 341 g/mol. The van der Waals surface area contributed by atoms with Crippen molar-refractivity contribution in [3.63, 3.8) is 0 Å². The van der Waals surface area contributed by atoms with Gasteiger partial charge in [-0.3, -0.25) is 0 Å². The third-order valence-corrected chi connectivity index (χ3v) is 4.60. The molecule has 4 nitrogen and oxygen atoms in total. The number of hydrogen-bond donors (Lipinski definition) is 3. The summed E-state index contributed by atoms with van der Waals surface area (Å²) < 4.78 is 12.8. The molecule has 0 radical (unpaired) electrons. The Balaban J connectivity index is 1.36. The number of piperidine rings is 1. The minimum absolute atomic E-state index is 0.264.